The first-order valence-electron chi connectivity index (χ1n) is 5.84. The van der Waals surface area contributed by atoms with E-state index in [4.69, 9.17) is 5.73 Å². The molecule has 0 aromatic heterocycles. The number of rotatable bonds is 7. The predicted octanol–water partition coefficient (Wildman–Crippen LogP) is 1.41. The Bertz CT molecular complexity index is 417. The molecule has 17 heavy (non-hydrogen) atoms. The topological polar surface area (TPSA) is 72.2 Å². The van der Waals surface area contributed by atoms with Crippen LogP contribution in [-0.4, -0.2) is 20.7 Å². The summed E-state index contributed by atoms with van der Waals surface area (Å²) >= 11 is 0. The van der Waals surface area contributed by atoms with Gasteiger partial charge in [-0.15, -0.1) is 0 Å². The number of hydrogen-bond acceptors (Lipinski definition) is 3. The van der Waals surface area contributed by atoms with E-state index >= 15 is 0 Å². The van der Waals surface area contributed by atoms with E-state index in [0.717, 1.165) is 12.0 Å². The van der Waals surface area contributed by atoms with Gasteiger partial charge in [0.25, 0.3) is 0 Å². The maximum absolute atomic E-state index is 11.8. The van der Waals surface area contributed by atoms with Crippen molar-refractivity contribution in [3.8, 4) is 0 Å². The summed E-state index contributed by atoms with van der Waals surface area (Å²) in [6.45, 7) is 2.35. The molecule has 0 fully saturated rings. The maximum atomic E-state index is 11.8. The third-order valence-electron chi connectivity index (χ3n) is 2.55. The average molecular weight is 256 g/mol. The molecule has 1 rings (SSSR count). The lowest BCUT2D eigenvalue weighted by Crippen LogP contribution is -2.31. The summed E-state index contributed by atoms with van der Waals surface area (Å²) in [6.07, 6.45) is 1.21. The molecular weight excluding hydrogens is 236 g/mol. The zero-order valence-electron chi connectivity index (χ0n) is 10.1. The average Bonchev–Trinajstić information content (AvgIpc) is 2.35. The van der Waals surface area contributed by atoms with Crippen LogP contribution in [0.15, 0.2) is 30.3 Å². The van der Waals surface area contributed by atoms with Crippen LogP contribution in [-0.2, 0) is 10.0 Å². The predicted molar refractivity (Wildman–Crippen MR) is 70.1 cm³/mol. The van der Waals surface area contributed by atoms with Gasteiger partial charge in [0.2, 0.25) is 10.0 Å². The minimum Gasteiger partial charge on any atom is -0.330 e. The quantitative estimate of drug-likeness (QED) is 0.774. The number of nitrogens with one attached hydrogen (secondary N) is 1. The van der Waals surface area contributed by atoms with Gasteiger partial charge < -0.3 is 5.73 Å². The highest BCUT2D eigenvalue weighted by Crippen LogP contribution is 2.17. The molecule has 0 radical (unpaired) electrons. The molecule has 4 nitrogen and oxygen atoms in total. The standard InChI is InChI=1S/C12H20N2O2S/c1-2-12(11-7-4-3-5-8-11)14-17(15,16)10-6-9-13/h3-5,7-8,12,14H,2,6,9-10,13H2,1H3. The third kappa shape index (κ3) is 4.85. The summed E-state index contributed by atoms with van der Waals surface area (Å²) in [7, 11) is -3.23. The molecular formula is C12H20N2O2S. The van der Waals surface area contributed by atoms with Crippen molar-refractivity contribution in [3.63, 3.8) is 0 Å². The molecule has 0 spiro atoms. The smallest absolute Gasteiger partial charge is 0.212 e. The van der Waals surface area contributed by atoms with Gasteiger partial charge in [-0.05, 0) is 24.9 Å². The molecule has 0 aliphatic rings. The molecule has 1 aromatic carbocycles. The van der Waals surface area contributed by atoms with E-state index in [9.17, 15) is 8.42 Å². The molecule has 0 saturated carbocycles. The van der Waals surface area contributed by atoms with Gasteiger partial charge in [0.05, 0.1) is 5.75 Å². The highest BCUT2D eigenvalue weighted by atomic mass is 32.2. The number of hydrogen-bond donors (Lipinski definition) is 2. The van der Waals surface area contributed by atoms with E-state index in [-0.39, 0.29) is 11.8 Å². The van der Waals surface area contributed by atoms with Crippen LogP contribution in [0.2, 0.25) is 0 Å². The summed E-state index contributed by atoms with van der Waals surface area (Å²) in [5, 5.41) is 0. The van der Waals surface area contributed by atoms with Crippen LogP contribution >= 0.6 is 0 Å². The fourth-order valence-corrected chi connectivity index (χ4v) is 3.02. The van der Waals surface area contributed by atoms with E-state index in [1.807, 2.05) is 37.3 Å². The Morgan fingerprint density at radius 2 is 1.94 bits per heavy atom. The Labute approximate surface area is 103 Å². The molecule has 96 valence electrons. The molecule has 3 N–H and O–H groups in total. The Hall–Kier alpha value is -0.910. The van der Waals surface area contributed by atoms with E-state index in [1.165, 1.54) is 0 Å². The Kier molecular flexibility index (Phi) is 5.61. The Morgan fingerprint density at radius 1 is 1.29 bits per heavy atom. The van der Waals surface area contributed by atoms with E-state index in [2.05, 4.69) is 4.72 Å². The lowest BCUT2D eigenvalue weighted by Gasteiger charge is -2.17. The minimum absolute atomic E-state index is 0.0901. The number of nitrogens with two attached hydrogens (primary N) is 1. The van der Waals surface area contributed by atoms with Gasteiger partial charge in [-0.3, -0.25) is 0 Å². The molecule has 5 heteroatoms. The molecule has 0 aliphatic carbocycles. The normalized spacial score (nSPS) is 13.5. The summed E-state index contributed by atoms with van der Waals surface area (Å²) in [4.78, 5) is 0. The second-order valence-corrected chi connectivity index (χ2v) is 5.82. The molecule has 0 amide bonds. The van der Waals surface area contributed by atoms with Gasteiger partial charge in [-0.1, -0.05) is 37.3 Å². The first-order chi connectivity index (χ1) is 8.09. The molecule has 1 atom stereocenters. The van der Waals surface area contributed by atoms with E-state index in [0.29, 0.717) is 13.0 Å². The second kappa shape index (κ2) is 6.74. The number of benzene rings is 1. The van der Waals surface area contributed by atoms with Crippen molar-refractivity contribution in [1.82, 2.24) is 4.72 Å². The lowest BCUT2D eigenvalue weighted by atomic mass is 10.1. The Morgan fingerprint density at radius 3 is 2.47 bits per heavy atom. The summed E-state index contributed by atoms with van der Waals surface area (Å²) < 4.78 is 26.2. The molecule has 0 heterocycles. The van der Waals surface area contributed by atoms with Gasteiger partial charge in [0, 0.05) is 6.04 Å². The van der Waals surface area contributed by atoms with Gasteiger partial charge in [0.15, 0.2) is 0 Å². The van der Waals surface area contributed by atoms with Crippen LogP contribution in [0, 0.1) is 0 Å². The lowest BCUT2D eigenvalue weighted by molar-refractivity contribution is 0.548. The summed E-state index contributed by atoms with van der Waals surface area (Å²) in [6, 6.07) is 9.44. The number of sulfonamides is 1. The van der Waals surface area contributed by atoms with Crippen LogP contribution in [0.5, 0.6) is 0 Å². The van der Waals surface area contributed by atoms with Crippen molar-refractivity contribution in [2.75, 3.05) is 12.3 Å². The van der Waals surface area contributed by atoms with Crippen molar-refractivity contribution in [2.45, 2.75) is 25.8 Å². The van der Waals surface area contributed by atoms with E-state index in [1.54, 1.807) is 0 Å². The molecule has 1 unspecified atom stereocenters. The van der Waals surface area contributed by atoms with Crippen LogP contribution in [0.1, 0.15) is 31.4 Å². The van der Waals surface area contributed by atoms with Gasteiger partial charge in [0.1, 0.15) is 0 Å². The van der Waals surface area contributed by atoms with Crippen molar-refractivity contribution in [3.05, 3.63) is 35.9 Å². The van der Waals surface area contributed by atoms with Crippen molar-refractivity contribution < 1.29 is 8.42 Å². The molecule has 0 saturated heterocycles. The van der Waals surface area contributed by atoms with E-state index < -0.39 is 10.0 Å². The zero-order chi connectivity index (χ0) is 12.7. The maximum Gasteiger partial charge on any atom is 0.212 e. The SMILES string of the molecule is CCC(NS(=O)(=O)CCCN)c1ccccc1. The highest BCUT2D eigenvalue weighted by molar-refractivity contribution is 7.89. The van der Waals surface area contributed by atoms with Crippen molar-refractivity contribution in [1.29, 1.82) is 0 Å². The first kappa shape index (κ1) is 14.2. The third-order valence-corrected chi connectivity index (χ3v) is 4.02. The minimum atomic E-state index is -3.23. The van der Waals surface area contributed by atoms with Crippen molar-refractivity contribution >= 4 is 10.0 Å². The zero-order valence-corrected chi connectivity index (χ0v) is 10.9. The van der Waals surface area contributed by atoms with Crippen LogP contribution in [0.3, 0.4) is 0 Å². The van der Waals surface area contributed by atoms with Gasteiger partial charge in [-0.2, -0.15) is 0 Å². The van der Waals surface area contributed by atoms with Gasteiger partial charge >= 0.3 is 0 Å². The fraction of sp³-hybridized carbons (Fsp3) is 0.500. The molecule has 0 aliphatic heterocycles. The fourth-order valence-electron chi connectivity index (χ4n) is 1.62. The van der Waals surface area contributed by atoms with Crippen LogP contribution < -0.4 is 10.5 Å². The first-order valence-corrected chi connectivity index (χ1v) is 7.49. The largest absolute Gasteiger partial charge is 0.330 e. The molecule has 0 bridgehead atoms. The Balaban J connectivity index is 2.71. The second-order valence-electron chi connectivity index (χ2n) is 3.95. The summed E-state index contributed by atoms with van der Waals surface area (Å²) in [5.74, 6) is 0.0901. The monoisotopic (exact) mass is 256 g/mol. The van der Waals surface area contributed by atoms with Crippen molar-refractivity contribution in [2.24, 2.45) is 5.73 Å². The summed E-state index contributed by atoms with van der Waals surface area (Å²) in [5.41, 5.74) is 6.31. The highest BCUT2D eigenvalue weighted by Gasteiger charge is 2.17. The molecule has 1 aromatic rings. The van der Waals surface area contributed by atoms with Gasteiger partial charge in [-0.25, -0.2) is 13.1 Å². The van der Waals surface area contributed by atoms with Crippen LogP contribution in [0.4, 0.5) is 0 Å². The van der Waals surface area contributed by atoms with Crippen LogP contribution in [0.25, 0.3) is 0 Å².